The summed E-state index contributed by atoms with van der Waals surface area (Å²) in [7, 11) is 0. The van der Waals surface area contributed by atoms with Crippen molar-refractivity contribution in [2.45, 2.75) is 58.5 Å². The molecule has 1 fully saturated rings. The van der Waals surface area contributed by atoms with Crippen molar-refractivity contribution in [1.29, 1.82) is 0 Å². The van der Waals surface area contributed by atoms with E-state index in [0.29, 0.717) is 5.92 Å². The Labute approximate surface area is 103 Å². The zero-order valence-corrected chi connectivity index (χ0v) is 10.8. The summed E-state index contributed by atoms with van der Waals surface area (Å²) in [5.41, 5.74) is 2.70. The fraction of sp³-hybridized carbons (Fsp3) is 0.714. The van der Waals surface area contributed by atoms with E-state index in [9.17, 15) is 5.11 Å². The van der Waals surface area contributed by atoms with Gasteiger partial charge in [-0.15, -0.1) is 0 Å². The second-order valence-corrected chi connectivity index (χ2v) is 5.28. The van der Waals surface area contributed by atoms with E-state index in [0.717, 1.165) is 23.4 Å². The lowest BCUT2D eigenvalue weighted by atomic mass is 9.84. The van der Waals surface area contributed by atoms with E-state index >= 15 is 0 Å². The lowest BCUT2D eigenvalue weighted by Gasteiger charge is -2.24. The van der Waals surface area contributed by atoms with Crippen molar-refractivity contribution >= 4 is 0 Å². The predicted molar refractivity (Wildman–Crippen MR) is 67.7 cm³/mol. The molecular formula is C14H22N2O. The van der Waals surface area contributed by atoms with Gasteiger partial charge in [0.25, 0.3) is 0 Å². The molecule has 1 atom stereocenters. The van der Waals surface area contributed by atoms with Gasteiger partial charge in [-0.1, -0.05) is 32.1 Å². The molecule has 0 saturated heterocycles. The summed E-state index contributed by atoms with van der Waals surface area (Å²) in [6.45, 7) is 3.84. The SMILES string of the molecule is Cc1cc(C(O)CC2CCCCC2)c(C)nn1. The van der Waals surface area contributed by atoms with Crippen LogP contribution in [0, 0.1) is 19.8 Å². The van der Waals surface area contributed by atoms with E-state index < -0.39 is 0 Å². The molecule has 0 spiro atoms. The molecule has 1 aromatic rings. The molecule has 1 aliphatic carbocycles. The molecule has 0 aliphatic heterocycles. The molecule has 17 heavy (non-hydrogen) atoms. The maximum atomic E-state index is 10.3. The first-order valence-electron chi connectivity index (χ1n) is 6.65. The van der Waals surface area contributed by atoms with Crippen molar-refractivity contribution in [2.24, 2.45) is 5.92 Å². The van der Waals surface area contributed by atoms with Gasteiger partial charge in [0.2, 0.25) is 0 Å². The van der Waals surface area contributed by atoms with Crippen LogP contribution in [0.4, 0.5) is 0 Å². The first-order chi connectivity index (χ1) is 8.16. The van der Waals surface area contributed by atoms with Crippen molar-refractivity contribution in [3.05, 3.63) is 23.0 Å². The van der Waals surface area contributed by atoms with E-state index in [1.807, 2.05) is 19.9 Å². The molecule has 1 unspecified atom stereocenters. The first kappa shape index (κ1) is 12.5. The molecule has 1 aliphatic rings. The van der Waals surface area contributed by atoms with Gasteiger partial charge in [0, 0.05) is 5.56 Å². The number of aliphatic hydroxyl groups is 1. The van der Waals surface area contributed by atoms with E-state index in [2.05, 4.69) is 10.2 Å². The number of aliphatic hydroxyl groups excluding tert-OH is 1. The highest BCUT2D eigenvalue weighted by Crippen LogP contribution is 2.32. The van der Waals surface area contributed by atoms with E-state index in [-0.39, 0.29) is 6.10 Å². The van der Waals surface area contributed by atoms with Gasteiger partial charge in [-0.2, -0.15) is 10.2 Å². The predicted octanol–water partition coefficient (Wildman–Crippen LogP) is 3.10. The summed E-state index contributed by atoms with van der Waals surface area (Å²) in [6.07, 6.45) is 7.06. The van der Waals surface area contributed by atoms with E-state index in [4.69, 9.17) is 0 Å². The third-order valence-electron chi connectivity index (χ3n) is 3.78. The summed E-state index contributed by atoms with van der Waals surface area (Å²) >= 11 is 0. The molecule has 1 aromatic heterocycles. The van der Waals surface area contributed by atoms with Crippen molar-refractivity contribution in [2.75, 3.05) is 0 Å². The average molecular weight is 234 g/mol. The Morgan fingerprint density at radius 3 is 2.65 bits per heavy atom. The molecule has 3 heteroatoms. The van der Waals surface area contributed by atoms with Crippen LogP contribution in [0.3, 0.4) is 0 Å². The Hall–Kier alpha value is -0.960. The van der Waals surface area contributed by atoms with Crippen molar-refractivity contribution < 1.29 is 5.11 Å². The number of hydrogen-bond acceptors (Lipinski definition) is 3. The average Bonchev–Trinajstić information content (AvgIpc) is 2.33. The molecule has 1 N–H and O–H groups in total. The van der Waals surface area contributed by atoms with Crippen LogP contribution in [0.5, 0.6) is 0 Å². The number of rotatable bonds is 3. The smallest absolute Gasteiger partial charge is 0.0811 e. The monoisotopic (exact) mass is 234 g/mol. The van der Waals surface area contributed by atoms with Gasteiger partial charge in [-0.25, -0.2) is 0 Å². The number of aromatic nitrogens is 2. The number of nitrogens with zero attached hydrogens (tertiary/aromatic N) is 2. The third kappa shape index (κ3) is 3.25. The van der Waals surface area contributed by atoms with Gasteiger partial charge in [-0.05, 0) is 32.3 Å². The van der Waals surface area contributed by atoms with Gasteiger partial charge in [0.15, 0.2) is 0 Å². The quantitative estimate of drug-likeness (QED) is 0.874. The van der Waals surface area contributed by atoms with Crippen LogP contribution < -0.4 is 0 Å². The molecule has 1 heterocycles. The normalized spacial score (nSPS) is 19.2. The van der Waals surface area contributed by atoms with Crippen LogP contribution in [0.1, 0.15) is 61.6 Å². The second-order valence-electron chi connectivity index (χ2n) is 5.28. The zero-order chi connectivity index (χ0) is 12.3. The standard InChI is InChI=1S/C14H22N2O/c1-10-8-13(11(2)16-15-10)14(17)9-12-6-4-3-5-7-12/h8,12,14,17H,3-7,9H2,1-2H3. The highest BCUT2D eigenvalue weighted by Gasteiger charge is 2.20. The van der Waals surface area contributed by atoms with Gasteiger partial charge in [0.1, 0.15) is 0 Å². The van der Waals surface area contributed by atoms with Crippen LogP contribution in [0.25, 0.3) is 0 Å². The van der Waals surface area contributed by atoms with Gasteiger partial charge in [0.05, 0.1) is 17.5 Å². The molecule has 0 bridgehead atoms. The minimum Gasteiger partial charge on any atom is -0.388 e. The van der Waals surface area contributed by atoms with Gasteiger partial charge >= 0.3 is 0 Å². The number of aryl methyl sites for hydroxylation is 2. The molecule has 0 amide bonds. The summed E-state index contributed by atoms with van der Waals surface area (Å²) in [5, 5.41) is 18.4. The van der Waals surface area contributed by atoms with Gasteiger partial charge in [-0.3, -0.25) is 0 Å². The first-order valence-corrected chi connectivity index (χ1v) is 6.65. The fourth-order valence-corrected chi connectivity index (χ4v) is 2.77. The lowest BCUT2D eigenvalue weighted by Crippen LogP contribution is -2.12. The summed E-state index contributed by atoms with van der Waals surface area (Å²) in [6, 6.07) is 1.97. The largest absolute Gasteiger partial charge is 0.388 e. The highest BCUT2D eigenvalue weighted by atomic mass is 16.3. The molecule has 1 saturated carbocycles. The topological polar surface area (TPSA) is 46.0 Å². The van der Waals surface area contributed by atoms with Crippen LogP contribution in [-0.4, -0.2) is 15.3 Å². The highest BCUT2D eigenvalue weighted by molar-refractivity contribution is 5.22. The van der Waals surface area contributed by atoms with Crippen molar-refractivity contribution in [1.82, 2.24) is 10.2 Å². The maximum Gasteiger partial charge on any atom is 0.0811 e. The lowest BCUT2D eigenvalue weighted by molar-refractivity contribution is 0.130. The Kier molecular flexibility index (Phi) is 4.11. The van der Waals surface area contributed by atoms with Crippen LogP contribution in [0.15, 0.2) is 6.07 Å². The Balaban J connectivity index is 2.02. The minimum atomic E-state index is -0.368. The van der Waals surface area contributed by atoms with Crippen molar-refractivity contribution in [3.8, 4) is 0 Å². The Morgan fingerprint density at radius 2 is 1.94 bits per heavy atom. The molecule has 3 nitrogen and oxygen atoms in total. The zero-order valence-electron chi connectivity index (χ0n) is 10.8. The summed E-state index contributed by atoms with van der Waals surface area (Å²) < 4.78 is 0. The molecule has 0 aromatic carbocycles. The summed E-state index contributed by atoms with van der Waals surface area (Å²) in [5.74, 6) is 0.687. The third-order valence-corrected chi connectivity index (χ3v) is 3.78. The van der Waals surface area contributed by atoms with E-state index in [1.165, 1.54) is 32.1 Å². The van der Waals surface area contributed by atoms with Gasteiger partial charge < -0.3 is 5.11 Å². The fourth-order valence-electron chi connectivity index (χ4n) is 2.77. The second kappa shape index (κ2) is 5.58. The molecule has 94 valence electrons. The van der Waals surface area contributed by atoms with Crippen molar-refractivity contribution in [3.63, 3.8) is 0 Å². The molecular weight excluding hydrogens is 212 g/mol. The van der Waals surface area contributed by atoms with Crippen LogP contribution in [-0.2, 0) is 0 Å². The Bertz CT molecular complexity index is 372. The maximum absolute atomic E-state index is 10.3. The minimum absolute atomic E-state index is 0.368. The van der Waals surface area contributed by atoms with Crippen LogP contribution >= 0.6 is 0 Å². The Morgan fingerprint density at radius 1 is 1.24 bits per heavy atom. The van der Waals surface area contributed by atoms with E-state index in [1.54, 1.807) is 0 Å². The molecule has 0 radical (unpaired) electrons. The number of hydrogen-bond donors (Lipinski definition) is 1. The molecule has 2 rings (SSSR count). The summed E-state index contributed by atoms with van der Waals surface area (Å²) in [4.78, 5) is 0. The van der Waals surface area contributed by atoms with Crippen LogP contribution in [0.2, 0.25) is 0 Å².